The Morgan fingerprint density at radius 1 is 0.708 bits per heavy atom. The summed E-state index contributed by atoms with van der Waals surface area (Å²) in [4.78, 5) is 21.3. The molecule has 0 aromatic heterocycles. The van der Waals surface area contributed by atoms with Crippen molar-refractivity contribution in [3.05, 3.63) is 11.6 Å². The molecule has 0 aromatic carbocycles. The van der Waals surface area contributed by atoms with E-state index in [2.05, 4.69) is 6.92 Å². The molecule has 140 valence electrons. The molecule has 0 radical (unpaired) electrons. The molecule has 0 heterocycles. The van der Waals surface area contributed by atoms with Crippen molar-refractivity contribution in [1.82, 2.24) is 0 Å². The Hall–Kier alpha value is -1.32. The van der Waals surface area contributed by atoms with E-state index in [1.165, 1.54) is 64.2 Å². The van der Waals surface area contributed by atoms with Crippen LogP contribution >= 0.6 is 0 Å². The molecule has 0 rings (SSSR count). The summed E-state index contributed by atoms with van der Waals surface area (Å²) in [7, 11) is 0. The summed E-state index contributed by atoms with van der Waals surface area (Å²) in [5.74, 6) is -2.02. The van der Waals surface area contributed by atoms with Crippen molar-refractivity contribution in [3.63, 3.8) is 0 Å². The molecule has 2 N–H and O–H groups in total. The Bertz CT molecular complexity index is 361. The van der Waals surface area contributed by atoms with Crippen LogP contribution in [-0.4, -0.2) is 22.2 Å². The normalized spacial score (nSPS) is 11.6. The third-order valence-electron chi connectivity index (χ3n) is 4.31. The molecular formula is C20H36O4. The zero-order valence-corrected chi connectivity index (χ0v) is 15.4. The number of hydrogen-bond donors (Lipinski definition) is 2. The first-order chi connectivity index (χ1) is 11.6. The van der Waals surface area contributed by atoms with Gasteiger partial charge in [-0.2, -0.15) is 0 Å². The molecule has 0 aliphatic rings. The Morgan fingerprint density at radius 3 is 1.50 bits per heavy atom. The summed E-state index contributed by atoms with van der Waals surface area (Å²) in [6.07, 6.45) is 17.9. The van der Waals surface area contributed by atoms with Crippen molar-refractivity contribution in [3.8, 4) is 0 Å². The molecule has 0 aliphatic carbocycles. The fraction of sp³-hybridized carbons (Fsp3) is 0.800. The highest BCUT2D eigenvalue weighted by Gasteiger charge is 2.06. The third-order valence-corrected chi connectivity index (χ3v) is 4.31. The average Bonchev–Trinajstić information content (AvgIpc) is 2.50. The zero-order chi connectivity index (χ0) is 18.0. The lowest BCUT2D eigenvalue weighted by Crippen LogP contribution is -2.01. The van der Waals surface area contributed by atoms with Crippen LogP contribution in [0.15, 0.2) is 11.6 Å². The van der Waals surface area contributed by atoms with E-state index in [1.807, 2.05) is 0 Å². The Morgan fingerprint density at radius 2 is 1.12 bits per heavy atom. The molecule has 0 amide bonds. The molecule has 0 saturated heterocycles. The molecule has 0 saturated carbocycles. The van der Waals surface area contributed by atoms with Gasteiger partial charge in [0.25, 0.3) is 0 Å². The zero-order valence-electron chi connectivity index (χ0n) is 15.4. The van der Waals surface area contributed by atoms with Crippen LogP contribution in [0.3, 0.4) is 0 Å². The summed E-state index contributed by atoms with van der Waals surface area (Å²) >= 11 is 0. The fourth-order valence-electron chi connectivity index (χ4n) is 2.95. The molecule has 4 nitrogen and oxygen atoms in total. The minimum atomic E-state index is -1.05. The third kappa shape index (κ3) is 17.0. The van der Waals surface area contributed by atoms with Crippen LogP contribution < -0.4 is 0 Å². The van der Waals surface area contributed by atoms with Crippen LogP contribution in [0.25, 0.3) is 0 Å². The largest absolute Gasteiger partial charge is 0.481 e. The summed E-state index contributed by atoms with van der Waals surface area (Å²) in [5.41, 5.74) is 0.512. The van der Waals surface area contributed by atoms with Gasteiger partial charge in [0.15, 0.2) is 0 Å². The number of unbranched alkanes of at least 4 members (excludes halogenated alkanes) is 12. The molecule has 0 aliphatic heterocycles. The maximum atomic E-state index is 10.7. The van der Waals surface area contributed by atoms with Crippen LogP contribution in [0, 0.1) is 0 Å². The van der Waals surface area contributed by atoms with Crippen molar-refractivity contribution in [2.45, 2.75) is 103 Å². The van der Waals surface area contributed by atoms with E-state index in [-0.39, 0.29) is 6.42 Å². The number of aliphatic carboxylic acids is 2. The Balaban J connectivity index is 3.46. The lowest BCUT2D eigenvalue weighted by Gasteiger charge is -2.05. The number of carboxylic acid groups (broad SMARTS) is 2. The molecule has 0 bridgehead atoms. The Kier molecular flexibility index (Phi) is 15.6. The van der Waals surface area contributed by atoms with Crippen LogP contribution in [0.4, 0.5) is 0 Å². The maximum absolute atomic E-state index is 10.7. The van der Waals surface area contributed by atoms with Gasteiger partial charge in [-0.1, -0.05) is 89.5 Å². The van der Waals surface area contributed by atoms with Gasteiger partial charge >= 0.3 is 11.9 Å². The van der Waals surface area contributed by atoms with Gasteiger partial charge in [0.05, 0.1) is 6.42 Å². The highest BCUT2D eigenvalue weighted by atomic mass is 16.4. The average molecular weight is 341 g/mol. The number of hydrogen-bond acceptors (Lipinski definition) is 2. The Labute approximate surface area is 147 Å². The second kappa shape index (κ2) is 16.5. The lowest BCUT2D eigenvalue weighted by atomic mass is 10.0. The van der Waals surface area contributed by atoms with Crippen molar-refractivity contribution in [2.24, 2.45) is 0 Å². The van der Waals surface area contributed by atoms with E-state index >= 15 is 0 Å². The molecule has 0 aromatic rings. The molecule has 0 unspecified atom stereocenters. The second-order valence-electron chi connectivity index (χ2n) is 6.70. The predicted octanol–water partition coefficient (Wildman–Crippen LogP) is 5.95. The topological polar surface area (TPSA) is 74.6 Å². The van der Waals surface area contributed by atoms with Crippen molar-refractivity contribution in [1.29, 1.82) is 0 Å². The van der Waals surface area contributed by atoms with Gasteiger partial charge in [0.2, 0.25) is 0 Å². The van der Waals surface area contributed by atoms with E-state index in [4.69, 9.17) is 10.2 Å². The van der Waals surface area contributed by atoms with Crippen LogP contribution in [0.5, 0.6) is 0 Å². The van der Waals surface area contributed by atoms with Crippen molar-refractivity contribution < 1.29 is 19.8 Å². The van der Waals surface area contributed by atoms with Crippen LogP contribution in [0.2, 0.25) is 0 Å². The van der Waals surface area contributed by atoms with Gasteiger partial charge in [0.1, 0.15) is 0 Å². The molecule has 4 heteroatoms. The smallest absolute Gasteiger partial charge is 0.328 e. The standard InChI is InChI=1S/C20H36O4/c1-2-3-4-5-6-7-8-9-10-11-12-13-14-15-18(16-19(21)22)17-20(23)24/h16H,2-15,17H2,1H3,(H,21,22)(H,23,24)/b18-16-. The van der Waals surface area contributed by atoms with Gasteiger partial charge in [-0.05, 0) is 12.8 Å². The second-order valence-corrected chi connectivity index (χ2v) is 6.70. The van der Waals surface area contributed by atoms with Gasteiger partial charge < -0.3 is 10.2 Å². The first-order valence-corrected chi connectivity index (χ1v) is 9.70. The number of rotatable bonds is 17. The monoisotopic (exact) mass is 340 g/mol. The summed E-state index contributed by atoms with van der Waals surface area (Å²) in [6, 6.07) is 0. The van der Waals surface area contributed by atoms with Crippen LogP contribution in [0.1, 0.15) is 103 Å². The summed E-state index contributed by atoms with van der Waals surface area (Å²) < 4.78 is 0. The van der Waals surface area contributed by atoms with Gasteiger partial charge in [0, 0.05) is 6.08 Å². The first kappa shape index (κ1) is 22.7. The lowest BCUT2D eigenvalue weighted by molar-refractivity contribution is -0.136. The number of carboxylic acids is 2. The van der Waals surface area contributed by atoms with Crippen LogP contribution in [-0.2, 0) is 9.59 Å². The maximum Gasteiger partial charge on any atom is 0.328 e. The molecular weight excluding hydrogens is 304 g/mol. The minimum absolute atomic E-state index is 0.162. The molecule has 0 atom stereocenters. The molecule has 24 heavy (non-hydrogen) atoms. The number of carbonyl (C=O) groups is 2. The SMILES string of the molecule is CCCCCCCCCCCCCCC/C(=C/C(=O)O)CC(=O)O. The van der Waals surface area contributed by atoms with Gasteiger partial charge in [-0.3, -0.25) is 4.79 Å². The van der Waals surface area contributed by atoms with E-state index in [0.29, 0.717) is 12.0 Å². The quantitative estimate of drug-likeness (QED) is 0.253. The van der Waals surface area contributed by atoms with Crippen molar-refractivity contribution >= 4 is 11.9 Å². The summed E-state index contributed by atoms with van der Waals surface area (Å²) in [6.45, 7) is 2.25. The minimum Gasteiger partial charge on any atom is -0.481 e. The van der Waals surface area contributed by atoms with Gasteiger partial charge in [-0.15, -0.1) is 0 Å². The highest BCUT2D eigenvalue weighted by molar-refractivity contribution is 5.82. The van der Waals surface area contributed by atoms with E-state index in [0.717, 1.165) is 25.3 Å². The van der Waals surface area contributed by atoms with Gasteiger partial charge in [-0.25, -0.2) is 4.79 Å². The predicted molar refractivity (Wildman–Crippen MR) is 98.3 cm³/mol. The van der Waals surface area contributed by atoms with Crippen molar-refractivity contribution in [2.75, 3.05) is 0 Å². The van der Waals surface area contributed by atoms with E-state index in [1.54, 1.807) is 0 Å². The fourth-order valence-corrected chi connectivity index (χ4v) is 2.95. The van der Waals surface area contributed by atoms with E-state index in [9.17, 15) is 9.59 Å². The first-order valence-electron chi connectivity index (χ1n) is 9.70. The summed E-state index contributed by atoms with van der Waals surface area (Å²) in [5, 5.41) is 17.5. The molecule has 0 fully saturated rings. The van der Waals surface area contributed by atoms with E-state index < -0.39 is 11.9 Å². The highest BCUT2D eigenvalue weighted by Crippen LogP contribution is 2.16. The molecule has 0 spiro atoms.